The number of hydrogen-bond donors (Lipinski definition) is 3. The van der Waals surface area contributed by atoms with Gasteiger partial charge < -0.3 is 25.3 Å². The van der Waals surface area contributed by atoms with Crippen molar-refractivity contribution in [3.63, 3.8) is 0 Å². The lowest BCUT2D eigenvalue weighted by atomic mass is 10.1. The Morgan fingerprint density at radius 3 is 2.36 bits per heavy atom. The molecule has 0 fully saturated rings. The van der Waals surface area contributed by atoms with Crippen LogP contribution in [-0.2, 0) is 34.4 Å². The molecule has 0 unspecified atom stereocenters. The molecule has 0 radical (unpaired) electrons. The molecule has 8 heteroatoms. The fourth-order valence-corrected chi connectivity index (χ4v) is 2.58. The van der Waals surface area contributed by atoms with Crippen molar-refractivity contribution < 1.29 is 19.1 Å². The zero-order chi connectivity index (χ0) is 20.5. The van der Waals surface area contributed by atoms with Gasteiger partial charge in [-0.2, -0.15) is 0 Å². The molecule has 0 aliphatic carbocycles. The van der Waals surface area contributed by atoms with Gasteiger partial charge >= 0.3 is 5.97 Å². The topological polar surface area (TPSA) is 101 Å². The Morgan fingerprint density at radius 2 is 1.75 bits per heavy atom. The molecule has 150 valence electrons. The van der Waals surface area contributed by atoms with Gasteiger partial charge in [-0.3, -0.25) is 14.4 Å². The molecule has 0 aliphatic rings. The zero-order valence-electron chi connectivity index (χ0n) is 16.4. The standard InChI is InChI=1S/C20H26N4O4/c1-4-22-18(25)9-14-5-7-15(8-6-14)13-28-19(26)11-23-20(27)17-10-16(21-2)12-24(17)3/h5-8,10,12,21H,4,9,11,13H2,1-3H3,(H,22,25)(H,23,27). The van der Waals surface area contributed by atoms with Gasteiger partial charge in [-0.05, 0) is 24.1 Å². The van der Waals surface area contributed by atoms with E-state index in [1.165, 1.54) is 0 Å². The van der Waals surface area contributed by atoms with E-state index < -0.39 is 5.97 Å². The molecule has 28 heavy (non-hydrogen) atoms. The van der Waals surface area contributed by atoms with E-state index in [2.05, 4.69) is 16.0 Å². The maximum atomic E-state index is 12.1. The maximum absolute atomic E-state index is 12.1. The van der Waals surface area contributed by atoms with Crippen LogP contribution in [0.4, 0.5) is 5.69 Å². The van der Waals surface area contributed by atoms with Gasteiger partial charge in [0.1, 0.15) is 18.8 Å². The van der Waals surface area contributed by atoms with Crippen LogP contribution in [0.25, 0.3) is 0 Å². The van der Waals surface area contributed by atoms with E-state index in [1.807, 2.05) is 31.2 Å². The number of likely N-dealkylation sites (N-methyl/N-ethyl adjacent to an activating group) is 1. The predicted octanol–water partition coefficient (Wildman–Crippen LogP) is 1.22. The summed E-state index contributed by atoms with van der Waals surface area (Å²) >= 11 is 0. The highest BCUT2D eigenvalue weighted by molar-refractivity contribution is 5.95. The molecule has 0 atom stereocenters. The lowest BCUT2D eigenvalue weighted by Crippen LogP contribution is -2.31. The summed E-state index contributed by atoms with van der Waals surface area (Å²) in [4.78, 5) is 35.6. The molecule has 1 aromatic heterocycles. The number of ether oxygens (including phenoxy) is 1. The average molecular weight is 386 g/mol. The van der Waals surface area contributed by atoms with E-state index in [0.29, 0.717) is 18.7 Å². The molecular weight excluding hydrogens is 360 g/mol. The molecular formula is C20H26N4O4. The largest absolute Gasteiger partial charge is 0.460 e. The molecule has 2 aromatic rings. The maximum Gasteiger partial charge on any atom is 0.325 e. The van der Waals surface area contributed by atoms with Crippen LogP contribution in [0.15, 0.2) is 36.5 Å². The molecule has 0 aliphatic heterocycles. The van der Waals surface area contributed by atoms with Crippen molar-refractivity contribution in [1.82, 2.24) is 15.2 Å². The lowest BCUT2D eigenvalue weighted by Gasteiger charge is -2.08. The number of carbonyl (C=O) groups excluding carboxylic acids is 3. The Bertz CT molecular complexity index is 827. The molecule has 2 rings (SSSR count). The minimum absolute atomic E-state index is 0.0301. The number of rotatable bonds is 9. The fraction of sp³-hybridized carbons (Fsp3) is 0.350. The summed E-state index contributed by atoms with van der Waals surface area (Å²) < 4.78 is 6.85. The summed E-state index contributed by atoms with van der Waals surface area (Å²) in [7, 11) is 3.52. The number of amides is 2. The van der Waals surface area contributed by atoms with Gasteiger partial charge in [-0.25, -0.2) is 0 Å². The van der Waals surface area contributed by atoms with Crippen LogP contribution in [0.5, 0.6) is 0 Å². The van der Waals surface area contributed by atoms with Crippen LogP contribution < -0.4 is 16.0 Å². The van der Waals surface area contributed by atoms with E-state index in [1.54, 1.807) is 30.9 Å². The summed E-state index contributed by atoms with van der Waals surface area (Å²) in [6.07, 6.45) is 2.09. The molecule has 2 amide bonds. The molecule has 8 nitrogen and oxygen atoms in total. The summed E-state index contributed by atoms with van der Waals surface area (Å²) in [5.74, 6) is -0.907. The highest BCUT2D eigenvalue weighted by Gasteiger charge is 2.13. The van der Waals surface area contributed by atoms with Gasteiger partial charge in [0.25, 0.3) is 5.91 Å². The Kier molecular flexibility index (Phi) is 7.62. The van der Waals surface area contributed by atoms with E-state index in [4.69, 9.17) is 4.74 Å². The monoisotopic (exact) mass is 386 g/mol. The fourth-order valence-electron chi connectivity index (χ4n) is 2.58. The number of carbonyl (C=O) groups is 3. The third kappa shape index (κ3) is 6.15. The van der Waals surface area contributed by atoms with E-state index in [-0.39, 0.29) is 25.0 Å². The number of nitrogens with one attached hydrogen (secondary N) is 3. The van der Waals surface area contributed by atoms with Gasteiger partial charge in [-0.15, -0.1) is 0 Å². The predicted molar refractivity (Wildman–Crippen MR) is 106 cm³/mol. The molecule has 1 aromatic carbocycles. The van der Waals surface area contributed by atoms with Crippen LogP contribution in [0.3, 0.4) is 0 Å². The van der Waals surface area contributed by atoms with Crippen molar-refractivity contribution in [1.29, 1.82) is 0 Å². The first-order valence-electron chi connectivity index (χ1n) is 9.05. The van der Waals surface area contributed by atoms with E-state index >= 15 is 0 Å². The molecule has 3 N–H and O–H groups in total. The molecule has 0 spiro atoms. The van der Waals surface area contributed by atoms with Crippen molar-refractivity contribution in [3.05, 3.63) is 53.3 Å². The minimum atomic E-state index is -0.525. The smallest absolute Gasteiger partial charge is 0.325 e. The highest BCUT2D eigenvalue weighted by atomic mass is 16.5. The van der Waals surface area contributed by atoms with Crippen LogP contribution in [0.2, 0.25) is 0 Å². The van der Waals surface area contributed by atoms with Crippen LogP contribution >= 0.6 is 0 Å². The summed E-state index contributed by atoms with van der Waals surface area (Å²) in [6.45, 7) is 2.36. The highest BCUT2D eigenvalue weighted by Crippen LogP contribution is 2.11. The second-order valence-corrected chi connectivity index (χ2v) is 6.27. The van der Waals surface area contributed by atoms with Gasteiger partial charge in [0.15, 0.2) is 0 Å². The molecule has 0 bridgehead atoms. The Labute approximate surface area is 164 Å². The summed E-state index contributed by atoms with van der Waals surface area (Å²) in [5, 5.41) is 8.25. The molecule has 0 saturated carbocycles. The first kappa shape index (κ1) is 21.0. The van der Waals surface area contributed by atoms with Crippen molar-refractivity contribution in [2.75, 3.05) is 25.5 Å². The van der Waals surface area contributed by atoms with Crippen molar-refractivity contribution in [2.24, 2.45) is 7.05 Å². The molecule has 0 saturated heterocycles. The van der Waals surface area contributed by atoms with Gasteiger partial charge in [0, 0.05) is 26.8 Å². The SMILES string of the molecule is CCNC(=O)Cc1ccc(COC(=O)CNC(=O)c2cc(NC)cn2C)cc1. The first-order valence-corrected chi connectivity index (χ1v) is 9.05. The number of esters is 1. The number of nitrogens with zero attached hydrogens (tertiary/aromatic N) is 1. The molecule has 1 heterocycles. The Morgan fingerprint density at radius 1 is 1.07 bits per heavy atom. The van der Waals surface area contributed by atoms with Crippen molar-refractivity contribution in [2.45, 2.75) is 20.0 Å². The van der Waals surface area contributed by atoms with E-state index in [9.17, 15) is 14.4 Å². The van der Waals surface area contributed by atoms with Crippen LogP contribution in [0.1, 0.15) is 28.5 Å². The van der Waals surface area contributed by atoms with Gasteiger partial charge in [0.05, 0.1) is 12.1 Å². The quantitative estimate of drug-likeness (QED) is 0.563. The summed E-state index contributed by atoms with van der Waals surface area (Å²) in [6, 6.07) is 8.97. The van der Waals surface area contributed by atoms with Crippen LogP contribution in [0, 0.1) is 0 Å². The summed E-state index contributed by atoms with van der Waals surface area (Å²) in [5.41, 5.74) is 2.95. The Balaban J connectivity index is 1.76. The van der Waals surface area contributed by atoms with Crippen molar-refractivity contribution in [3.8, 4) is 0 Å². The minimum Gasteiger partial charge on any atom is -0.460 e. The third-order valence-electron chi connectivity index (χ3n) is 4.08. The average Bonchev–Trinajstić information content (AvgIpc) is 3.06. The van der Waals surface area contributed by atoms with Gasteiger partial charge in [-0.1, -0.05) is 24.3 Å². The first-order chi connectivity index (χ1) is 13.4. The number of benzene rings is 1. The number of aromatic nitrogens is 1. The van der Waals surface area contributed by atoms with E-state index in [0.717, 1.165) is 16.8 Å². The normalized spacial score (nSPS) is 10.2. The second-order valence-electron chi connectivity index (χ2n) is 6.27. The van der Waals surface area contributed by atoms with Crippen molar-refractivity contribution >= 4 is 23.5 Å². The Hall–Kier alpha value is -3.29. The number of aryl methyl sites for hydroxylation is 1. The van der Waals surface area contributed by atoms with Gasteiger partial charge in [0.2, 0.25) is 5.91 Å². The third-order valence-corrected chi connectivity index (χ3v) is 4.08. The number of hydrogen-bond acceptors (Lipinski definition) is 5. The number of anilines is 1. The second kappa shape index (κ2) is 10.1. The lowest BCUT2D eigenvalue weighted by molar-refractivity contribution is -0.143. The van der Waals surface area contributed by atoms with Crippen LogP contribution in [-0.4, -0.2) is 42.5 Å². The zero-order valence-corrected chi connectivity index (χ0v) is 16.4.